The molecule has 3 fully saturated rings. The molecule has 3 unspecified atom stereocenters. The number of sulfonamides is 1. The highest BCUT2D eigenvalue weighted by Crippen LogP contribution is 2.38. The number of nitrogens with zero attached hydrogens (tertiary/aromatic N) is 2. The number of rotatable bonds is 10. The van der Waals surface area contributed by atoms with Crippen molar-refractivity contribution in [1.82, 2.24) is 25.2 Å². The van der Waals surface area contributed by atoms with Crippen molar-refractivity contribution in [2.45, 2.75) is 115 Å². The number of thiazole rings is 1. The Bertz CT molecular complexity index is 1790. The van der Waals surface area contributed by atoms with Crippen LogP contribution in [0.4, 0.5) is 15.3 Å². The van der Waals surface area contributed by atoms with Crippen LogP contribution in [0.1, 0.15) is 79.2 Å². The number of aromatic nitrogens is 1. The first-order chi connectivity index (χ1) is 23.7. The van der Waals surface area contributed by atoms with Crippen LogP contribution in [-0.2, 0) is 33.9 Å². The van der Waals surface area contributed by atoms with Crippen molar-refractivity contribution in [3.05, 3.63) is 35.3 Å². The smallest absolute Gasteiger partial charge is 0.411 e. The molecule has 1 saturated heterocycles. The summed E-state index contributed by atoms with van der Waals surface area (Å²) in [5.41, 5.74) is -1.12. The van der Waals surface area contributed by atoms with Crippen LogP contribution in [0.3, 0.4) is 0 Å². The zero-order chi connectivity index (χ0) is 37.5. The molecule has 3 aliphatic rings. The first-order valence-corrected chi connectivity index (χ1v) is 19.3. The minimum absolute atomic E-state index is 0.125. The number of benzene rings is 1. The molecule has 5 rings (SSSR count). The SMILES string of the molecule is Cc1ccc(-c2nccs2)c(NC(=O)OC2CC(C(=O)NC3(C(=O)NS(=O)(=O)C4CC4)CC3)N(C(=O)C(NC(=O)OC(C)(C)C)C(C)(C)C)C2)c1. The van der Waals surface area contributed by atoms with Gasteiger partial charge in [-0.05, 0) is 76.5 Å². The molecular formula is C34H46N6O9S2. The quantitative estimate of drug-likeness (QED) is 0.277. The summed E-state index contributed by atoms with van der Waals surface area (Å²) in [6.07, 6.45) is 0.242. The van der Waals surface area contributed by atoms with Crippen molar-refractivity contribution in [1.29, 1.82) is 0 Å². The third-order valence-corrected chi connectivity index (χ3v) is 11.3. The van der Waals surface area contributed by atoms with Crippen molar-refractivity contribution in [3.8, 4) is 10.6 Å². The lowest BCUT2D eigenvalue weighted by molar-refractivity contribution is -0.143. The largest absolute Gasteiger partial charge is 0.444 e. The molecule has 17 heteroatoms. The van der Waals surface area contributed by atoms with Gasteiger partial charge >= 0.3 is 12.2 Å². The molecule has 0 bridgehead atoms. The fourth-order valence-corrected chi connectivity index (χ4v) is 7.81. The number of nitrogens with one attached hydrogen (secondary N) is 4. The molecule has 51 heavy (non-hydrogen) atoms. The maximum atomic E-state index is 14.3. The van der Waals surface area contributed by atoms with Crippen LogP contribution < -0.4 is 20.7 Å². The maximum Gasteiger partial charge on any atom is 0.411 e. The summed E-state index contributed by atoms with van der Waals surface area (Å²) in [5, 5.41) is 9.97. The second kappa shape index (κ2) is 14.1. The molecule has 0 spiro atoms. The Kier molecular flexibility index (Phi) is 10.5. The van der Waals surface area contributed by atoms with Gasteiger partial charge in [0.05, 0.1) is 17.5 Å². The van der Waals surface area contributed by atoms with Gasteiger partial charge in [-0.1, -0.05) is 26.8 Å². The lowest BCUT2D eigenvalue weighted by Crippen LogP contribution is -2.60. The van der Waals surface area contributed by atoms with Gasteiger partial charge in [-0.25, -0.2) is 23.0 Å². The molecule has 2 aromatic rings. The molecule has 5 amide bonds. The van der Waals surface area contributed by atoms with E-state index in [0.29, 0.717) is 29.1 Å². The van der Waals surface area contributed by atoms with E-state index in [2.05, 4.69) is 25.7 Å². The number of carbonyl (C=O) groups is 5. The number of amides is 5. The van der Waals surface area contributed by atoms with E-state index < -0.39 is 79.9 Å². The Balaban J connectivity index is 1.36. The molecular weight excluding hydrogens is 701 g/mol. The van der Waals surface area contributed by atoms with Gasteiger partial charge < -0.3 is 25.0 Å². The van der Waals surface area contributed by atoms with Gasteiger partial charge in [0.2, 0.25) is 21.8 Å². The van der Waals surface area contributed by atoms with E-state index in [-0.39, 0.29) is 25.8 Å². The summed E-state index contributed by atoms with van der Waals surface area (Å²) in [4.78, 5) is 73.1. The van der Waals surface area contributed by atoms with Crippen LogP contribution in [0, 0.1) is 12.3 Å². The number of ether oxygens (including phenoxy) is 2. The van der Waals surface area contributed by atoms with Gasteiger partial charge in [0, 0.05) is 23.6 Å². The third-order valence-electron chi connectivity index (χ3n) is 8.72. The van der Waals surface area contributed by atoms with Crippen LogP contribution in [0.25, 0.3) is 10.6 Å². The molecule has 1 aliphatic heterocycles. The summed E-state index contributed by atoms with van der Waals surface area (Å²) in [5.74, 6) is -2.18. The van der Waals surface area contributed by atoms with Crippen LogP contribution in [0.15, 0.2) is 29.8 Å². The molecule has 4 N–H and O–H groups in total. The molecule has 2 saturated carbocycles. The van der Waals surface area contributed by atoms with Crippen LogP contribution in [-0.4, -0.2) is 89.3 Å². The van der Waals surface area contributed by atoms with E-state index in [1.807, 2.05) is 24.4 Å². The van der Waals surface area contributed by atoms with E-state index in [1.54, 1.807) is 53.8 Å². The summed E-state index contributed by atoms with van der Waals surface area (Å²) in [7, 11) is -3.86. The van der Waals surface area contributed by atoms with Gasteiger partial charge in [-0.2, -0.15) is 0 Å². The van der Waals surface area contributed by atoms with Crippen molar-refractivity contribution in [3.63, 3.8) is 0 Å². The molecule has 0 radical (unpaired) electrons. The van der Waals surface area contributed by atoms with Gasteiger partial charge in [-0.15, -0.1) is 11.3 Å². The predicted molar refractivity (Wildman–Crippen MR) is 189 cm³/mol. The molecule has 2 aliphatic carbocycles. The van der Waals surface area contributed by atoms with Crippen molar-refractivity contribution >= 4 is 57.0 Å². The van der Waals surface area contributed by atoms with Crippen molar-refractivity contribution < 1.29 is 41.9 Å². The maximum absolute atomic E-state index is 14.3. The number of hydrogen-bond acceptors (Lipinski definition) is 11. The fraction of sp³-hybridized carbons (Fsp3) is 0.588. The average Bonchev–Trinajstić information content (AvgIpc) is 3.91. The molecule has 15 nitrogen and oxygen atoms in total. The molecule has 1 aromatic heterocycles. The summed E-state index contributed by atoms with van der Waals surface area (Å²) in [6.45, 7) is 12.0. The van der Waals surface area contributed by atoms with Gasteiger partial charge in [0.15, 0.2) is 0 Å². The molecule has 3 atom stereocenters. The van der Waals surface area contributed by atoms with Crippen LogP contribution >= 0.6 is 11.3 Å². The summed E-state index contributed by atoms with van der Waals surface area (Å²) in [6, 6.07) is 3.12. The Labute approximate surface area is 301 Å². The van der Waals surface area contributed by atoms with E-state index in [0.717, 1.165) is 5.56 Å². The summed E-state index contributed by atoms with van der Waals surface area (Å²) >= 11 is 1.40. The Morgan fingerprint density at radius 2 is 1.73 bits per heavy atom. The first-order valence-electron chi connectivity index (χ1n) is 16.8. The molecule has 2 heterocycles. The number of carbonyl (C=O) groups excluding carboxylic acids is 5. The van der Waals surface area contributed by atoms with Crippen LogP contribution in [0.5, 0.6) is 0 Å². The lowest BCUT2D eigenvalue weighted by Gasteiger charge is -2.36. The minimum Gasteiger partial charge on any atom is -0.444 e. The Morgan fingerprint density at radius 1 is 1.04 bits per heavy atom. The van der Waals surface area contributed by atoms with Gasteiger partial charge in [0.25, 0.3) is 5.91 Å². The Morgan fingerprint density at radius 3 is 2.29 bits per heavy atom. The monoisotopic (exact) mass is 746 g/mol. The van der Waals surface area contributed by atoms with Crippen LogP contribution in [0.2, 0.25) is 0 Å². The highest BCUT2D eigenvalue weighted by atomic mass is 32.2. The lowest BCUT2D eigenvalue weighted by atomic mass is 9.85. The minimum atomic E-state index is -3.86. The van der Waals surface area contributed by atoms with E-state index in [9.17, 15) is 32.4 Å². The highest BCUT2D eigenvalue weighted by Gasteiger charge is 2.55. The number of hydrogen-bond donors (Lipinski definition) is 4. The zero-order valence-corrected chi connectivity index (χ0v) is 31.5. The van der Waals surface area contributed by atoms with Gasteiger partial charge in [0.1, 0.15) is 34.3 Å². The fourth-order valence-electron chi connectivity index (χ4n) is 5.75. The number of anilines is 1. The number of likely N-dealkylation sites (tertiary alicyclic amines) is 1. The van der Waals surface area contributed by atoms with E-state index >= 15 is 0 Å². The summed E-state index contributed by atoms with van der Waals surface area (Å²) < 4.78 is 38.3. The third kappa shape index (κ3) is 9.36. The Hall–Kier alpha value is -4.25. The molecule has 278 valence electrons. The average molecular weight is 747 g/mol. The highest BCUT2D eigenvalue weighted by molar-refractivity contribution is 7.91. The normalized spacial score (nSPS) is 20.5. The van der Waals surface area contributed by atoms with E-state index in [4.69, 9.17) is 9.47 Å². The predicted octanol–water partition coefficient (Wildman–Crippen LogP) is 3.83. The molecule has 1 aromatic carbocycles. The first kappa shape index (κ1) is 38.0. The standard InChI is InChI=1S/C34H46N6O9S2/c1-19-8-11-22(27-35-14-15-50-27)23(16-19)36-30(44)48-20-17-24(26(41)38-34(12-13-34)29(43)39-51(46,47)21-9-10-21)40(18-20)28(42)25(32(2,3)4)37-31(45)49-33(5,6)7/h8,11,14-16,20-21,24-25H,9-10,12-13,17-18H2,1-7H3,(H,36,44)(H,37,45)(H,38,41)(H,39,43). The zero-order valence-electron chi connectivity index (χ0n) is 29.8. The number of alkyl carbamates (subject to hydrolysis) is 1. The van der Waals surface area contributed by atoms with Crippen molar-refractivity contribution in [2.24, 2.45) is 5.41 Å². The second-order valence-electron chi connectivity index (χ2n) is 15.5. The van der Waals surface area contributed by atoms with Gasteiger partial charge in [-0.3, -0.25) is 24.4 Å². The second-order valence-corrected chi connectivity index (χ2v) is 18.3. The van der Waals surface area contributed by atoms with E-state index in [1.165, 1.54) is 16.2 Å². The number of aryl methyl sites for hydroxylation is 1. The van der Waals surface area contributed by atoms with Crippen molar-refractivity contribution in [2.75, 3.05) is 11.9 Å². The topological polar surface area (TPSA) is 202 Å².